The largest absolute Gasteiger partial charge is 0.418 e. The van der Waals surface area contributed by atoms with Crippen LogP contribution in [-0.4, -0.2) is 24.8 Å². The van der Waals surface area contributed by atoms with Gasteiger partial charge >= 0.3 is 6.18 Å². The van der Waals surface area contributed by atoms with Crippen LogP contribution in [0.15, 0.2) is 24.4 Å². The summed E-state index contributed by atoms with van der Waals surface area (Å²) < 4.78 is 43.0. The van der Waals surface area contributed by atoms with Gasteiger partial charge in [-0.15, -0.1) is 0 Å². The number of aromatic amines is 1. The molecule has 3 aromatic heterocycles. The maximum Gasteiger partial charge on any atom is 0.418 e. The first-order valence-electron chi connectivity index (χ1n) is 9.45. The van der Waals surface area contributed by atoms with Crippen molar-refractivity contribution in [3.8, 4) is 11.3 Å². The highest BCUT2D eigenvalue weighted by molar-refractivity contribution is 6.35. The summed E-state index contributed by atoms with van der Waals surface area (Å²) in [5.74, 6) is 0.487. The van der Waals surface area contributed by atoms with Crippen LogP contribution in [0.3, 0.4) is 0 Å². The fraction of sp³-hybridized carbons (Fsp3) is 0.350. The summed E-state index contributed by atoms with van der Waals surface area (Å²) in [4.78, 5) is 4.42. The van der Waals surface area contributed by atoms with Gasteiger partial charge in [-0.25, -0.2) is 9.50 Å². The molecule has 0 amide bonds. The third-order valence-corrected chi connectivity index (χ3v) is 4.80. The van der Waals surface area contributed by atoms with E-state index in [1.165, 1.54) is 16.8 Å². The lowest BCUT2D eigenvalue weighted by Crippen LogP contribution is -2.13. The molecule has 1 N–H and O–H groups in total. The first kappa shape index (κ1) is 21.1. The Kier molecular flexibility index (Phi) is 5.84. The summed E-state index contributed by atoms with van der Waals surface area (Å²) in [6.45, 7) is 7.66. The number of nitrogens with zero attached hydrogens (tertiary/aromatic N) is 4. The number of benzene rings is 1. The second-order valence-corrected chi connectivity index (χ2v) is 6.60. The Morgan fingerprint density at radius 3 is 2.45 bits per heavy atom. The normalized spacial score (nSPS) is 11.7. The summed E-state index contributed by atoms with van der Waals surface area (Å²) in [6, 6.07) is 4.27. The molecule has 3 heterocycles. The topological polar surface area (TPSA) is 58.9 Å². The fourth-order valence-corrected chi connectivity index (χ4v) is 3.46. The molecular weight excluding hydrogens is 403 g/mol. The number of H-pyrrole nitrogens is 1. The average Bonchev–Trinajstić information content (AvgIpc) is 3.34. The molecule has 0 saturated heterocycles. The quantitative estimate of drug-likeness (QED) is 0.433. The summed E-state index contributed by atoms with van der Waals surface area (Å²) in [6.07, 6.45) is -2.10. The van der Waals surface area contributed by atoms with Crippen LogP contribution in [0.1, 0.15) is 44.6 Å². The van der Waals surface area contributed by atoms with Crippen molar-refractivity contribution in [2.24, 2.45) is 0 Å². The predicted octanol–water partition coefficient (Wildman–Crippen LogP) is 6.10. The van der Waals surface area contributed by atoms with Crippen LogP contribution in [0.2, 0.25) is 5.02 Å². The molecule has 0 aliphatic heterocycles. The molecule has 0 spiro atoms. The van der Waals surface area contributed by atoms with Gasteiger partial charge in [-0.05, 0) is 30.2 Å². The summed E-state index contributed by atoms with van der Waals surface area (Å²) in [5.41, 5.74) is 0.962. The zero-order valence-electron chi connectivity index (χ0n) is 16.5. The summed E-state index contributed by atoms with van der Waals surface area (Å²) >= 11 is 6.26. The Morgan fingerprint density at radius 1 is 1.10 bits per heavy atom. The minimum atomic E-state index is -4.55. The SMILES string of the molecule is CC.CCc1nc2c(CC)cc(C(F)(F)F)c(-c3cc(Cl)c4[nH]ncc4c3)n2n1. The van der Waals surface area contributed by atoms with Crippen molar-refractivity contribution in [1.29, 1.82) is 0 Å². The highest BCUT2D eigenvalue weighted by Crippen LogP contribution is 2.40. The molecule has 0 aliphatic rings. The molecule has 29 heavy (non-hydrogen) atoms. The number of fused-ring (bicyclic) bond motifs is 2. The number of nitrogens with one attached hydrogen (secondary N) is 1. The molecule has 0 atom stereocenters. The van der Waals surface area contributed by atoms with Gasteiger partial charge in [-0.1, -0.05) is 39.3 Å². The summed E-state index contributed by atoms with van der Waals surface area (Å²) in [7, 11) is 0. The number of alkyl halides is 3. The first-order valence-corrected chi connectivity index (χ1v) is 9.83. The lowest BCUT2D eigenvalue weighted by Gasteiger charge is -2.16. The molecule has 5 nitrogen and oxygen atoms in total. The van der Waals surface area contributed by atoms with E-state index >= 15 is 0 Å². The molecular formula is C20H21ClF3N5. The van der Waals surface area contributed by atoms with Crippen LogP contribution >= 0.6 is 11.6 Å². The minimum absolute atomic E-state index is 0.0769. The van der Waals surface area contributed by atoms with E-state index in [4.69, 9.17) is 11.6 Å². The van der Waals surface area contributed by atoms with Crippen molar-refractivity contribution in [2.45, 2.75) is 46.7 Å². The van der Waals surface area contributed by atoms with Crippen LogP contribution in [0.25, 0.3) is 27.8 Å². The zero-order chi connectivity index (χ0) is 21.3. The van der Waals surface area contributed by atoms with Crippen molar-refractivity contribution in [1.82, 2.24) is 24.8 Å². The Morgan fingerprint density at radius 2 is 1.83 bits per heavy atom. The van der Waals surface area contributed by atoms with Crippen LogP contribution in [0, 0.1) is 0 Å². The van der Waals surface area contributed by atoms with E-state index in [9.17, 15) is 13.2 Å². The molecule has 0 bridgehead atoms. The lowest BCUT2D eigenvalue weighted by atomic mass is 10.0. The Balaban J connectivity index is 0.00000117. The van der Waals surface area contributed by atoms with Gasteiger partial charge in [0.05, 0.1) is 28.0 Å². The average molecular weight is 424 g/mol. The van der Waals surface area contributed by atoms with Crippen LogP contribution in [0.5, 0.6) is 0 Å². The van der Waals surface area contributed by atoms with Gasteiger partial charge in [0.2, 0.25) is 0 Å². The molecule has 4 aromatic rings. The number of pyridine rings is 1. The third kappa shape index (κ3) is 3.69. The van der Waals surface area contributed by atoms with E-state index in [0.717, 1.165) is 6.07 Å². The van der Waals surface area contributed by atoms with Gasteiger partial charge in [0.15, 0.2) is 11.5 Å². The third-order valence-electron chi connectivity index (χ3n) is 4.50. The van der Waals surface area contributed by atoms with Gasteiger partial charge in [0.1, 0.15) is 0 Å². The fourth-order valence-electron chi connectivity index (χ4n) is 3.19. The first-order chi connectivity index (χ1) is 13.8. The monoisotopic (exact) mass is 423 g/mol. The molecule has 0 unspecified atom stereocenters. The second kappa shape index (κ2) is 8.02. The number of aromatic nitrogens is 5. The van der Waals surface area contributed by atoms with Crippen LogP contribution < -0.4 is 0 Å². The van der Waals surface area contributed by atoms with Gasteiger partial charge in [0, 0.05) is 17.4 Å². The lowest BCUT2D eigenvalue weighted by molar-refractivity contribution is -0.137. The molecule has 4 rings (SSSR count). The Hall–Kier alpha value is -2.61. The molecule has 9 heteroatoms. The maximum absolute atomic E-state index is 13.9. The van der Waals surface area contributed by atoms with Gasteiger partial charge in [-0.3, -0.25) is 5.10 Å². The van der Waals surface area contributed by atoms with Crippen LogP contribution in [-0.2, 0) is 19.0 Å². The van der Waals surface area contributed by atoms with Gasteiger partial charge in [0.25, 0.3) is 0 Å². The van der Waals surface area contributed by atoms with Crippen molar-refractivity contribution in [2.75, 3.05) is 0 Å². The predicted molar refractivity (Wildman–Crippen MR) is 108 cm³/mol. The minimum Gasteiger partial charge on any atom is -0.276 e. The van der Waals surface area contributed by atoms with Crippen molar-refractivity contribution in [3.05, 3.63) is 46.4 Å². The molecule has 0 saturated carbocycles. The van der Waals surface area contributed by atoms with E-state index in [1.54, 1.807) is 13.0 Å². The van der Waals surface area contributed by atoms with E-state index in [-0.39, 0.29) is 10.7 Å². The standard InChI is InChI=1S/C18H15ClF3N5.C2H6/c1-3-9-6-12(18(20,21)22)16(27-17(9)24-14(4-2)26-27)10-5-11-8-23-25-15(11)13(19)7-10;1-2/h5-8H,3-4H2,1-2H3,(H,23,25);1-2H3. The molecule has 0 radical (unpaired) electrons. The van der Waals surface area contributed by atoms with Crippen LogP contribution in [0.4, 0.5) is 13.2 Å². The van der Waals surface area contributed by atoms with E-state index in [0.29, 0.717) is 46.3 Å². The molecule has 0 aliphatic carbocycles. The zero-order valence-corrected chi connectivity index (χ0v) is 17.3. The van der Waals surface area contributed by atoms with Crippen molar-refractivity contribution >= 4 is 28.2 Å². The number of rotatable bonds is 3. The van der Waals surface area contributed by atoms with E-state index in [2.05, 4.69) is 20.3 Å². The number of aryl methyl sites for hydroxylation is 2. The molecule has 154 valence electrons. The van der Waals surface area contributed by atoms with Gasteiger partial charge in [-0.2, -0.15) is 23.4 Å². The number of hydrogen-bond acceptors (Lipinski definition) is 3. The maximum atomic E-state index is 13.9. The Bertz CT molecular complexity index is 1160. The number of halogens is 4. The summed E-state index contributed by atoms with van der Waals surface area (Å²) in [5, 5.41) is 11.9. The highest BCUT2D eigenvalue weighted by Gasteiger charge is 2.36. The Labute approximate surface area is 170 Å². The van der Waals surface area contributed by atoms with Crippen molar-refractivity contribution < 1.29 is 13.2 Å². The van der Waals surface area contributed by atoms with Gasteiger partial charge < -0.3 is 0 Å². The number of hydrogen-bond donors (Lipinski definition) is 1. The highest BCUT2D eigenvalue weighted by atomic mass is 35.5. The van der Waals surface area contributed by atoms with E-state index < -0.39 is 11.7 Å². The second-order valence-electron chi connectivity index (χ2n) is 6.19. The smallest absolute Gasteiger partial charge is 0.276 e. The molecule has 1 aromatic carbocycles. The molecule has 0 fully saturated rings. The van der Waals surface area contributed by atoms with Crippen molar-refractivity contribution in [3.63, 3.8) is 0 Å². The van der Waals surface area contributed by atoms with E-state index in [1.807, 2.05) is 20.8 Å².